The topological polar surface area (TPSA) is 93.2 Å². The number of aryl methyl sites for hydroxylation is 2. The summed E-state index contributed by atoms with van der Waals surface area (Å²) in [5.41, 5.74) is 3.07. The molecule has 1 aromatic carbocycles. The van der Waals surface area contributed by atoms with E-state index in [1.54, 1.807) is 12.3 Å². The summed E-state index contributed by atoms with van der Waals surface area (Å²) in [5.74, 6) is 0.0513. The first-order valence-electron chi connectivity index (χ1n) is 8.72. The zero-order chi connectivity index (χ0) is 20.5. The van der Waals surface area contributed by atoms with Crippen LogP contribution in [-0.2, 0) is 4.79 Å². The summed E-state index contributed by atoms with van der Waals surface area (Å²) in [4.78, 5) is 32.2. The zero-order valence-electron chi connectivity index (χ0n) is 16.2. The minimum Gasteiger partial charge on any atom is -0.484 e. The minimum atomic E-state index is -0.296. The molecule has 1 heterocycles. The van der Waals surface area contributed by atoms with E-state index in [-0.39, 0.29) is 18.4 Å². The van der Waals surface area contributed by atoms with E-state index in [0.717, 1.165) is 5.56 Å². The van der Waals surface area contributed by atoms with Crippen LogP contribution in [-0.4, -0.2) is 41.2 Å². The molecule has 0 saturated heterocycles. The fraction of sp³-hybridized carbons (Fsp3) is 0.300. The van der Waals surface area contributed by atoms with Gasteiger partial charge in [-0.25, -0.2) is 9.97 Å². The number of ether oxygens (including phenoxy) is 1. The fourth-order valence-corrected chi connectivity index (χ4v) is 2.59. The van der Waals surface area contributed by atoms with Gasteiger partial charge >= 0.3 is 0 Å². The highest BCUT2D eigenvalue weighted by Crippen LogP contribution is 2.16. The summed E-state index contributed by atoms with van der Waals surface area (Å²) >= 11 is 1.36. The quantitative estimate of drug-likeness (QED) is 0.497. The molecule has 0 aliphatic heterocycles. The van der Waals surface area contributed by atoms with Crippen molar-refractivity contribution < 1.29 is 14.3 Å². The summed E-state index contributed by atoms with van der Waals surface area (Å²) < 4.78 is 5.49. The van der Waals surface area contributed by atoms with Crippen LogP contribution in [0.5, 0.6) is 5.75 Å². The lowest BCUT2D eigenvalue weighted by Gasteiger charge is -2.11. The molecule has 0 fully saturated rings. The highest BCUT2D eigenvalue weighted by Gasteiger charge is 2.09. The minimum absolute atomic E-state index is 0.105. The van der Waals surface area contributed by atoms with Crippen LogP contribution >= 0.6 is 11.8 Å². The fourth-order valence-electron chi connectivity index (χ4n) is 2.23. The molecule has 0 aliphatic rings. The Balaban J connectivity index is 1.70. The summed E-state index contributed by atoms with van der Waals surface area (Å²) in [5, 5.41) is 5.95. The normalized spacial score (nSPS) is 10.2. The van der Waals surface area contributed by atoms with E-state index in [9.17, 15) is 9.59 Å². The molecule has 0 unspecified atom stereocenters. The van der Waals surface area contributed by atoms with Gasteiger partial charge in [0.25, 0.3) is 11.8 Å². The summed E-state index contributed by atoms with van der Waals surface area (Å²) in [6.45, 7) is 8.03. The smallest absolute Gasteiger partial charge is 0.270 e. The van der Waals surface area contributed by atoms with Crippen LogP contribution in [0.3, 0.4) is 0 Å². The molecule has 1 aromatic heterocycles. The van der Waals surface area contributed by atoms with Crippen molar-refractivity contribution in [2.75, 3.05) is 19.4 Å². The third-order valence-corrected chi connectivity index (χ3v) is 4.49. The van der Waals surface area contributed by atoms with E-state index in [2.05, 4.69) is 27.2 Å². The van der Waals surface area contributed by atoms with Crippen molar-refractivity contribution >= 4 is 23.6 Å². The Kier molecular flexibility index (Phi) is 8.01. The first-order valence-corrected chi connectivity index (χ1v) is 9.94. The number of hydrogen-bond donors (Lipinski definition) is 2. The molecule has 28 heavy (non-hydrogen) atoms. The Morgan fingerprint density at radius 3 is 2.71 bits per heavy atom. The number of benzene rings is 1. The average Bonchev–Trinajstić information content (AvgIpc) is 2.68. The van der Waals surface area contributed by atoms with Crippen molar-refractivity contribution in [3.8, 4) is 5.75 Å². The SMILES string of the molecule is C=C(CCNC(=O)c1ccnc(SC)n1)NC(=O)COc1ccc(C)c(C)c1. The van der Waals surface area contributed by atoms with E-state index in [4.69, 9.17) is 4.74 Å². The molecule has 0 atom stereocenters. The zero-order valence-corrected chi connectivity index (χ0v) is 17.1. The predicted octanol–water partition coefficient (Wildman–Crippen LogP) is 2.64. The van der Waals surface area contributed by atoms with Crippen molar-refractivity contribution in [1.29, 1.82) is 0 Å². The Hall–Kier alpha value is -2.87. The molecule has 2 rings (SSSR count). The summed E-state index contributed by atoms with van der Waals surface area (Å²) in [7, 11) is 0. The maximum Gasteiger partial charge on any atom is 0.270 e. The van der Waals surface area contributed by atoms with Gasteiger partial charge in [-0.1, -0.05) is 24.4 Å². The number of nitrogens with one attached hydrogen (secondary N) is 2. The van der Waals surface area contributed by atoms with Gasteiger partial charge in [-0.2, -0.15) is 0 Å². The molecular weight excluding hydrogens is 376 g/mol. The van der Waals surface area contributed by atoms with Gasteiger partial charge in [0, 0.05) is 24.9 Å². The molecular formula is C20H24N4O3S. The first-order chi connectivity index (χ1) is 13.4. The van der Waals surface area contributed by atoms with Gasteiger partial charge in [0.15, 0.2) is 11.8 Å². The molecule has 2 aromatic rings. The van der Waals surface area contributed by atoms with Gasteiger partial charge in [-0.3, -0.25) is 9.59 Å². The summed E-state index contributed by atoms with van der Waals surface area (Å²) in [6, 6.07) is 7.22. The molecule has 2 amide bonds. The number of nitrogens with zero attached hydrogens (tertiary/aromatic N) is 2. The van der Waals surface area contributed by atoms with Gasteiger partial charge in [-0.15, -0.1) is 0 Å². The molecule has 7 nitrogen and oxygen atoms in total. The van der Waals surface area contributed by atoms with E-state index in [1.165, 1.54) is 17.3 Å². The second kappa shape index (κ2) is 10.5. The van der Waals surface area contributed by atoms with E-state index in [0.29, 0.717) is 35.3 Å². The lowest BCUT2D eigenvalue weighted by molar-refractivity contribution is -0.122. The van der Waals surface area contributed by atoms with Crippen LogP contribution in [0.1, 0.15) is 28.0 Å². The van der Waals surface area contributed by atoms with E-state index < -0.39 is 0 Å². The molecule has 0 bridgehead atoms. The maximum atomic E-state index is 12.1. The Morgan fingerprint density at radius 1 is 1.21 bits per heavy atom. The van der Waals surface area contributed by atoms with Crippen LogP contribution in [0.15, 0.2) is 47.9 Å². The number of carbonyl (C=O) groups excluding carboxylic acids is 2. The van der Waals surface area contributed by atoms with Gasteiger partial charge < -0.3 is 15.4 Å². The van der Waals surface area contributed by atoms with Gasteiger partial charge in [0.2, 0.25) is 0 Å². The van der Waals surface area contributed by atoms with Crippen LogP contribution in [0.2, 0.25) is 0 Å². The van der Waals surface area contributed by atoms with Gasteiger partial charge in [0.1, 0.15) is 11.4 Å². The number of rotatable bonds is 9. The van der Waals surface area contributed by atoms with Crippen molar-refractivity contribution in [1.82, 2.24) is 20.6 Å². The third kappa shape index (κ3) is 6.70. The number of aromatic nitrogens is 2. The number of thioether (sulfide) groups is 1. The summed E-state index contributed by atoms with van der Waals surface area (Å²) in [6.07, 6.45) is 3.79. The Morgan fingerprint density at radius 2 is 2.00 bits per heavy atom. The number of hydrogen-bond acceptors (Lipinski definition) is 6. The van der Waals surface area contributed by atoms with E-state index in [1.807, 2.05) is 38.3 Å². The highest BCUT2D eigenvalue weighted by atomic mass is 32.2. The number of carbonyl (C=O) groups is 2. The third-order valence-electron chi connectivity index (χ3n) is 3.93. The van der Waals surface area contributed by atoms with Crippen molar-refractivity contribution in [3.63, 3.8) is 0 Å². The molecule has 0 spiro atoms. The first kappa shape index (κ1) is 21.4. The number of amides is 2. The Labute approximate surface area is 169 Å². The predicted molar refractivity (Wildman–Crippen MR) is 109 cm³/mol. The van der Waals surface area contributed by atoms with Crippen molar-refractivity contribution in [2.24, 2.45) is 0 Å². The van der Waals surface area contributed by atoms with Crippen LogP contribution in [0, 0.1) is 13.8 Å². The van der Waals surface area contributed by atoms with Gasteiger partial charge in [0.05, 0.1) is 0 Å². The highest BCUT2D eigenvalue weighted by molar-refractivity contribution is 7.98. The van der Waals surface area contributed by atoms with Crippen molar-refractivity contribution in [3.05, 3.63) is 59.6 Å². The van der Waals surface area contributed by atoms with E-state index >= 15 is 0 Å². The molecule has 0 radical (unpaired) electrons. The van der Waals surface area contributed by atoms with Crippen molar-refractivity contribution in [2.45, 2.75) is 25.4 Å². The second-order valence-electron chi connectivity index (χ2n) is 6.12. The lowest BCUT2D eigenvalue weighted by Crippen LogP contribution is -2.31. The molecule has 0 saturated carbocycles. The second-order valence-corrected chi connectivity index (χ2v) is 6.89. The lowest BCUT2D eigenvalue weighted by atomic mass is 10.1. The molecule has 148 valence electrons. The molecule has 0 aliphatic carbocycles. The Bertz CT molecular complexity index is 870. The van der Waals surface area contributed by atoms with Gasteiger partial charge in [-0.05, 0) is 49.4 Å². The standard InChI is InChI=1S/C20H24N4O3S/c1-13-5-6-16(11-14(13)2)27-12-18(25)23-15(3)7-9-21-19(26)17-8-10-22-20(24-17)28-4/h5-6,8,10-11H,3,7,9,12H2,1-2,4H3,(H,21,26)(H,23,25). The monoisotopic (exact) mass is 400 g/mol. The average molecular weight is 401 g/mol. The molecule has 2 N–H and O–H groups in total. The van der Waals surface area contributed by atoms with Crippen LogP contribution in [0.25, 0.3) is 0 Å². The maximum absolute atomic E-state index is 12.1. The van der Waals surface area contributed by atoms with Crippen LogP contribution < -0.4 is 15.4 Å². The van der Waals surface area contributed by atoms with Crippen LogP contribution in [0.4, 0.5) is 0 Å². The molecule has 8 heteroatoms. The largest absolute Gasteiger partial charge is 0.484 e.